The SMILES string of the molecule is COc1ccccc1/C(O)=C1/C(=O)C(=O)N(c2cc(F)ccc2F)C1c1ccco1. The van der Waals surface area contributed by atoms with Gasteiger partial charge in [-0.05, 0) is 36.4 Å². The molecule has 1 atom stereocenters. The van der Waals surface area contributed by atoms with Crippen molar-refractivity contribution in [3.8, 4) is 5.75 Å². The number of hydrogen-bond donors (Lipinski definition) is 1. The summed E-state index contributed by atoms with van der Waals surface area (Å²) in [5.74, 6) is -4.07. The number of carbonyl (C=O) groups excluding carboxylic acids is 2. The van der Waals surface area contributed by atoms with Crippen LogP contribution in [0.1, 0.15) is 17.4 Å². The van der Waals surface area contributed by atoms with Gasteiger partial charge in [-0.1, -0.05) is 12.1 Å². The van der Waals surface area contributed by atoms with E-state index in [9.17, 15) is 23.5 Å². The van der Waals surface area contributed by atoms with Gasteiger partial charge in [-0.2, -0.15) is 0 Å². The van der Waals surface area contributed by atoms with E-state index in [1.54, 1.807) is 18.2 Å². The van der Waals surface area contributed by atoms with Gasteiger partial charge in [0.15, 0.2) is 0 Å². The number of aliphatic hydroxyl groups is 1. The number of methoxy groups -OCH3 is 1. The summed E-state index contributed by atoms with van der Waals surface area (Å²) in [4.78, 5) is 26.5. The monoisotopic (exact) mass is 411 g/mol. The Morgan fingerprint density at radius 3 is 2.57 bits per heavy atom. The molecule has 0 saturated carbocycles. The van der Waals surface area contributed by atoms with Crippen molar-refractivity contribution in [3.05, 3.63) is 89.4 Å². The number of Topliss-reactive ketones (excluding diaryl/α,β-unsaturated/α-hetero) is 1. The number of benzene rings is 2. The minimum Gasteiger partial charge on any atom is -0.507 e. The number of hydrogen-bond acceptors (Lipinski definition) is 5. The Morgan fingerprint density at radius 2 is 1.87 bits per heavy atom. The molecule has 1 aliphatic rings. The summed E-state index contributed by atoms with van der Waals surface area (Å²) in [6.45, 7) is 0. The van der Waals surface area contributed by atoms with Crippen LogP contribution in [0.5, 0.6) is 5.75 Å². The lowest BCUT2D eigenvalue weighted by atomic mass is 9.98. The molecule has 1 fully saturated rings. The van der Waals surface area contributed by atoms with Gasteiger partial charge in [-0.25, -0.2) is 8.78 Å². The van der Waals surface area contributed by atoms with Crippen molar-refractivity contribution in [1.82, 2.24) is 0 Å². The molecule has 1 aliphatic heterocycles. The fourth-order valence-electron chi connectivity index (χ4n) is 3.45. The van der Waals surface area contributed by atoms with E-state index in [4.69, 9.17) is 9.15 Å². The highest BCUT2D eigenvalue weighted by Crippen LogP contribution is 2.44. The second-order valence-electron chi connectivity index (χ2n) is 6.48. The molecule has 1 aromatic heterocycles. The first-order valence-electron chi connectivity index (χ1n) is 8.87. The number of para-hydroxylation sites is 1. The molecule has 30 heavy (non-hydrogen) atoms. The topological polar surface area (TPSA) is 80.0 Å². The van der Waals surface area contributed by atoms with Crippen LogP contribution in [0.2, 0.25) is 0 Å². The number of aliphatic hydroxyl groups excluding tert-OH is 1. The predicted molar refractivity (Wildman–Crippen MR) is 103 cm³/mol. The lowest BCUT2D eigenvalue weighted by Gasteiger charge is -2.23. The van der Waals surface area contributed by atoms with E-state index in [0.717, 1.165) is 23.1 Å². The van der Waals surface area contributed by atoms with E-state index < -0.39 is 40.8 Å². The molecule has 152 valence electrons. The Balaban J connectivity index is 1.98. The van der Waals surface area contributed by atoms with Crippen LogP contribution in [-0.4, -0.2) is 23.9 Å². The van der Waals surface area contributed by atoms with Gasteiger partial charge in [-0.15, -0.1) is 0 Å². The zero-order chi connectivity index (χ0) is 21.4. The molecule has 1 amide bonds. The van der Waals surface area contributed by atoms with Gasteiger partial charge in [0.25, 0.3) is 11.7 Å². The van der Waals surface area contributed by atoms with Gasteiger partial charge in [0.1, 0.15) is 34.9 Å². The molecule has 0 radical (unpaired) electrons. The largest absolute Gasteiger partial charge is 0.507 e. The third-order valence-corrected chi connectivity index (χ3v) is 4.79. The van der Waals surface area contributed by atoms with Crippen LogP contribution in [0, 0.1) is 11.6 Å². The van der Waals surface area contributed by atoms with Gasteiger partial charge in [0.2, 0.25) is 0 Å². The zero-order valence-electron chi connectivity index (χ0n) is 15.6. The van der Waals surface area contributed by atoms with Crippen molar-refractivity contribution in [2.45, 2.75) is 6.04 Å². The Bertz CT molecular complexity index is 1170. The average molecular weight is 411 g/mol. The molecule has 2 heterocycles. The number of carbonyl (C=O) groups is 2. The Hall–Kier alpha value is -3.94. The van der Waals surface area contributed by atoms with E-state index in [1.807, 2.05) is 0 Å². The number of anilines is 1. The van der Waals surface area contributed by atoms with Crippen molar-refractivity contribution < 1.29 is 32.6 Å². The molecule has 8 heteroatoms. The number of ketones is 1. The minimum atomic E-state index is -1.30. The highest BCUT2D eigenvalue weighted by molar-refractivity contribution is 6.51. The number of halogens is 2. The molecule has 6 nitrogen and oxygen atoms in total. The first-order chi connectivity index (χ1) is 14.4. The number of furan rings is 1. The summed E-state index contributed by atoms with van der Waals surface area (Å²) in [5.41, 5.74) is -0.616. The third-order valence-electron chi connectivity index (χ3n) is 4.79. The number of rotatable bonds is 4. The van der Waals surface area contributed by atoms with Crippen molar-refractivity contribution in [1.29, 1.82) is 0 Å². The summed E-state index contributed by atoms with van der Waals surface area (Å²) in [6.07, 6.45) is 1.31. The van der Waals surface area contributed by atoms with Crippen LogP contribution in [-0.2, 0) is 9.59 Å². The van der Waals surface area contributed by atoms with E-state index in [-0.39, 0.29) is 22.6 Å². The second kappa shape index (κ2) is 7.47. The molecular formula is C22H15F2NO5. The van der Waals surface area contributed by atoms with Crippen LogP contribution >= 0.6 is 0 Å². The van der Waals surface area contributed by atoms with Crippen LogP contribution in [0.4, 0.5) is 14.5 Å². The van der Waals surface area contributed by atoms with E-state index in [2.05, 4.69) is 0 Å². The number of amides is 1. The standard InChI is InChI=1S/C22H15F2NO5/c1-29-16-6-3-2-5-13(16)20(26)18-19(17-7-4-10-30-17)25(22(28)21(18)27)15-11-12(23)8-9-14(15)24/h2-11,19,26H,1H3/b20-18-. The normalized spacial score (nSPS) is 18.1. The molecule has 0 spiro atoms. The van der Waals surface area contributed by atoms with Gasteiger partial charge in [-0.3, -0.25) is 14.5 Å². The van der Waals surface area contributed by atoms with Crippen LogP contribution in [0.25, 0.3) is 5.76 Å². The van der Waals surface area contributed by atoms with Gasteiger partial charge >= 0.3 is 0 Å². The van der Waals surface area contributed by atoms with Gasteiger partial charge < -0.3 is 14.3 Å². The number of ether oxygens (including phenoxy) is 1. The molecule has 4 rings (SSSR count). The highest BCUT2D eigenvalue weighted by Gasteiger charge is 2.49. The molecule has 1 N–H and O–H groups in total. The number of nitrogens with zero attached hydrogens (tertiary/aromatic N) is 1. The molecule has 3 aromatic rings. The Morgan fingerprint density at radius 1 is 1.10 bits per heavy atom. The minimum absolute atomic E-state index is 0.0920. The van der Waals surface area contributed by atoms with Crippen molar-refractivity contribution >= 4 is 23.1 Å². The smallest absolute Gasteiger partial charge is 0.300 e. The molecule has 2 aromatic carbocycles. The predicted octanol–water partition coefficient (Wildman–Crippen LogP) is 4.19. The Labute approximate surface area is 169 Å². The van der Waals surface area contributed by atoms with Crippen LogP contribution in [0.3, 0.4) is 0 Å². The first kappa shape index (κ1) is 19.4. The molecular weight excluding hydrogens is 396 g/mol. The summed E-state index contributed by atoms with van der Waals surface area (Å²) in [7, 11) is 1.39. The quantitative estimate of drug-likeness (QED) is 0.396. The van der Waals surface area contributed by atoms with Crippen LogP contribution in [0.15, 0.2) is 70.9 Å². The average Bonchev–Trinajstić information content (AvgIpc) is 3.36. The lowest BCUT2D eigenvalue weighted by molar-refractivity contribution is -0.132. The van der Waals surface area contributed by atoms with Crippen LogP contribution < -0.4 is 9.64 Å². The first-order valence-corrected chi connectivity index (χ1v) is 8.87. The lowest BCUT2D eigenvalue weighted by Crippen LogP contribution is -2.30. The fraction of sp³-hybridized carbons (Fsp3) is 0.0909. The zero-order valence-corrected chi connectivity index (χ0v) is 15.6. The van der Waals surface area contributed by atoms with Gasteiger partial charge in [0.05, 0.1) is 30.2 Å². The highest BCUT2D eigenvalue weighted by atomic mass is 19.1. The fourth-order valence-corrected chi connectivity index (χ4v) is 3.45. The maximum absolute atomic E-state index is 14.5. The van der Waals surface area contributed by atoms with Crippen molar-refractivity contribution in [3.63, 3.8) is 0 Å². The molecule has 0 bridgehead atoms. The summed E-state index contributed by atoms with van der Waals surface area (Å²) in [5, 5.41) is 11.0. The molecule has 1 saturated heterocycles. The van der Waals surface area contributed by atoms with Gasteiger partial charge in [0, 0.05) is 6.07 Å². The summed E-state index contributed by atoms with van der Waals surface area (Å²) < 4.78 is 38.9. The van der Waals surface area contributed by atoms with Crippen molar-refractivity contribution in [2.24, 2.45) is 0 Å². The second-order valence-corrected chi connectivity index (χ2v) is 6.48. The maximum atomic E-state index is 14.5. The van der Waals surface area contributed by atoms with E-state index >= 15 is 0 Å². The Kier molecular flexibility index (Phi) is 4.83. The molecule has 1 unspecified atom stereocenters. The molecule has 0 aliphatic carbocycles. The van der Waals surface area contributed by atoms with E-state index in [0.29, 0.717) is 0 Å². The maximum Gasteiger partial charge on any atom is 0.300 e. The van der Waals surface area contributed by atoms with Crippen molar-refractivity contribution in [2.75, 3.05) is 12.0 Å². The summed E-state index contributed by atoms with van der Waals surface area (Å²) in [6, 6.07) is 10.6. The summed E-state index contributed by atoms with van der Waals surface area (Å²) >= 11 is 0. The third kappa shape index (κ3) is 3.02. The van der Waals surface area contributed by atoms with E-state index in [1.165, 1.54) is 31.6 Å².